The van der Waals surface area contributed by atoms with Gasteiger partial charge in [-0.1, -0.05) is 6.07 Å². The molecule has 4 heterocycles. The van der Waals surface area contributed by atoms with E-state index in [1.165, 1.54) is 24.0 Å². The summed E-state index contributed by atoms with van der Waals surface area (Å²) in [5.41, 5.74) is 3.67. The van der Waals surface area contributed by atoms with Crippen molar-refractivity contribution in [2.75, 3.05) is 18.4 Å². The molecule has 0 aliphatic carbocycles. The molecule has 0 bridgehead atoms. The van der Waals surface area contributed by atoms with Gasteiger partial charge in [0.2, 0.25) is 0 Å². The Morgan fingerprint density at radius 2 is 1.96 bits per heavy atom. The maximum atomic E-state index is 4.42. The van der Waals surface area contributed by atoms with Crippen LogP contribution in [0.4, 0.5) is 11.6 Å². The summed E-state index contributed by atoms with van der Waals surface area (Å²) < 4.78 is 0. The Morgan fingerprint density at radius 1 is 1.04 bits per heavy atom. The fourth-order valence-corrected chi connectivity index (χ4v) is 3.59. The first-order chi connectivity index (χ1) is 13.3. The average molecular weight is 360 g/mol. The number of piperidine rings is 1. The number of hydrogen-bond acceptors (Lipinski definition) is 6. The van der Waals surface area contributed by atoms with Crippen molar-refractivity contribution in [2.45, 2.75) is 32.2 Å². The van der Waals surface area contributed by atoms with Crippen molar-refractivity contribution < 1.29 is 0 Å². The molecule has 138 valence electrons. The lowest BCUT2D eigenvalue weighted by Crippen LogP contribution is -2.33. The van der Waals surface area contributed by atoms with Gasteiger partial charge in [-0.3, -0.25) is 14.9 Å². The molecule has 1 atom stereocenters. The summed E-state index contributed by atoms with van der Waals surface area (Å²) in [7, 11) is 0. The average Bonchev–Trinajstić information content (AvgIpc) is 2.71. The van der Waals surface area contributed by atoms with Gasteiger partial charge < -0.3 is 5.32 Å². The zero-order chi connectivity index (χ0) is 18.5. The predicted octanol–water partition coefficient (Wildman–Crippen LogP) is 3.70. The molecule has 1 aliphatic heterocycles. The van der Waals surface area contributed by atoms with E-state index in [0.717, 1.165) is 31.1 Å². The molecular weight excluding hydrogens is 336 g/mol. The third-order valence-electron chi connectivity index (χ3n) is 4.96. The molecule has 4 rings (SSSR count). The monoisotopic (exact) mass is 360 g/mol. The summed E-state index contributed by atoms with van der Waals surface area (Å²) in [4.78, 5) is 19.7. The Morgan fingerprint density at radius 3 is 2.78 bits per heavy atom. The first-order valence-corrected chi connectivity index (χ1v) is 9.39. The van der Waals surface area contributed by atoms with Crippen molar-refractivity contribution in [3.63, 3.8) is 0 Å². The lowest BCUT2D eigenvalue weighted by atomic mass is 9.91. The minimum atomic E-state index is 0.516. The maximum absolute atomic E-state index is 4.42. The molecule has 0 spiro atoms. The molecule has 6 heteroatoms. The van der Waals surface area contributed by atoms with E-state index in [9.17, 15) is 0 Å². The molecule has 0 aromatic carbocycles. The Labute approximate surface area is 159 Å². The van der Waals surface area contributed by atoms with Crippen LogP contribution in [0.3, 0.4) is 0 Å². The van der Waals surface area contributed by atoms with Crippen LogP contribution in [0.2, 0.25) is 0 Å². The Bertz CT molecular complexity index is 865. The van der Waals surface area contributed by atoms with Crippen molar-refractivity contribution in [2.24, 2.45) is 0 Å². The molecule has 1 N–H and O–H groups in total. The van der Waals surface area contributed by atoms with Gasteiger partial charge in [0, 0.05) is 43.6 Å². The third kappa shape index (κ3) is 4.65. The molecule has 1 fully saturated rings. The summed E-state index contributed by atoms with van der Waals surface area (Å²) in [6.07, 6.45) is 11.3. The molecule has 27 heavy (non-hydrogen) atoms. The van der Waals surface area contributed by atoms with Gasteiger partial charge in [-0.05, 0) is 61.6 Å². The van der Waals surface area contributed by atoms with E-state index in [0.29, 0.717) is 11.7 Å². The van der Waals surface area contributed by atoms with Crippen LogP contribution < -0.4 is 5.32 Å². The second-order valence-electron chi connectivity index (χ2n) is 7.07. The smallest absolute Gasteiger partial charge is 0.150 e. The van der Waals surface area contributed by atoms with Crippen LogP contribution in [0.25, 0.3) is 0 Å². The molecule has 1 saturated heterocycles. The van der Waals surface area contributed by atoms with Crippen molar-refractivity contribution in [1.29, 1.82) is 0 Å². The van der Waals surface area contributed by atoms with E-state index < -0.39 is 0 Å². The second-order valence-corrected chi connectivity index (χ2v) is 7.07. The third-order valence-corrected chi connectivity index (χ3v) is 4.96. The van der Waals surface area contributed by atoms with E-state index in [4.69, 9.17) is 0 Å². The van der Waals surface area contributed by atoms with E-state index >= 15 is 0 Å². The van der Waals surface area contributed by atoms with E-state index in [2.05, 4.69) is 54.4 Å². The predicted molar refractivity (Wildman–Crippen MR) is 106 cm³/mol. The lowest BCUT2D eigenvalue weighted by Gasteiger charge is -2.33. The molecule has 0 amide bonds. The van der Waals surface area contributed by atoms with Gasteiger partial charge in [-0.2, -0.15) is 0 Å². The van der Waals surface area contributed by atoms with Gasteiger partial charge in [-0.25, -0.2) is 9.97 Å². The highest BCUT2D eigenvalue weighted by molar-refractivity contribution is 5.51. The number of anilines is 2. The minimum absolute atomic E-state index is 0.516. The topological polar surface area (TPSA) is 66.8 Å². The van der Waals surface area contributed by atoms with E-state index in [1.54, 1.807) is 18.6 Å². The Kier molecular flexibility index (Phi) is 5.34. The number of nitrogens with one attached hydrogen (secondary N) is 1. The van der Waals surface area contributed by atoms with Crippen molar-refractivity contribution in [3.05, 3.63) is 72.1 Å². The zero-order valence-corrected chi connectivity index (χ0v) is 15.5. The van der Waals surface area contributed by atoms with Crippen molar-refractivity contribution in [1.82, 2.24) is 24.8 Å². The standard InChI is InChI=1S/C21H24N6/c1-16-4-5-17(12-25-16)14-27-10-2-3-19(15-27)18-6-7-23-20(11-18)26-21-13-22-8-9-24-21/h4-9,11-13,19H,2-3,10,14-15H2,1H3,(H,23,24,26). The van der Waals surface area contributed by atoms with Crippen LogP contribution in [-0.4, -0.2) is 37.9 Å². The van der Waals surface area contributed by atoms with Crippen LogP contribution in [0.1, 0.15) is 35.6 Å². The number of aromatic nitrogens is 4. The first-order valence-electron chi connectivity index (χ1n) is 9.39. The molecule has 1 aliphatic rings. The Balaban J connectivity index is 1.43. The fraction of sp³-hybridized carbons (Fsp3) is 0.333. The lowest BCUT2D eigenvalue weighted by molar-refractivity contribution is 0.200. The summed E-state index contributed by atoms with van der Waals surface area (Å²) >= 11 is 0. The minimum Gasteiger partial charge on any atom is -0.324 e. The summed E-state index contributed by atoms with van der Waals surface area (Å²) in [5.74, 6) is 2.04. The van der Waals surface area contributed by atoms with E-state index in [1.807, 2.05) is 19.3 Å². The van der Waals surface area contributed by atoms with Gasteiger partial charge in [0.25, 0.3) is 0 Å². The number of rotatable bonds is 5. The van der Waals surface area contributed by atoms with Gasteiger partial charge in [0.15, 0.2) is 0 Å². The number of nitrogens with zero attached hydrogens (tertiary/aromatic N) is 5. The second kappa shape index (κ2) is 8.22. The summed E-state index contributed by atoms with van der Waals surface area (Å²) in [5, 5.41) is 3.23. The summed E-state index contributed by atoms with van der Waals surface area (Å²) in [6, 6.07) is 8.53. The number of pyridine rings is 2. The number of aryl methyl sites for hydroxylation is 1. The molecule has 0 saturated carbocycles. The van der Waals surface area contributed by atoms with Gasteiger partial charge in [-0.15, -0.1) is 0 Å². The molecule has 3 aromatic heterocycles. The molecule has 0 radical (unpaired) electrons. The highest BCUT2D eigenvalue weighted by Crippen LogP contribution is 2.29. The zero-order valence-electron chi connectivity index (χ0n) is 15.5. The van der Waals surface area contributed by atoms with Gasteiger partial charge >= 0.3 is 0 Å². The van der Waals surface area contributed by atoms with Crippen LogP contribution in [0, 0.1) is 6.92 Å². The van der Waals surface area contributed by atoms with Gasteiger partial charge in [0.1, 0.15) is 11.6 Å². The van der Waals surface area contributed by atoms with Crippen molar-refractivity contribution in [3.8, 4) is 0 Å². The molecule has 6 nitrogen and oxygen atoms in total. The maximum Gasteiger partial charge on any atom is 0.150 e. The number of likely N-dealkylation sites (tertiary alicyclic amines) is 1. The van der Waals surface area contributed by atoms with Crippen LogP contribution >= 0.6 is 0 Å². The van der Waals surface area contributed by atoms with E-state index in [-0.39, 0.29) is 0 Å². The van der Waals surface area contributed by atoms with Gasteiger partial charge in [0.05, 0.1) is 6.20 Å². The Hall–Kier alpha value is -2.86. The fourth-order valence-electron chi connectivity index (χ4n) is 3.59. The SMILES string of the molecule is Cc1ccc(CN2CCCC(c3ccnc(Nc4cnccn4)c3)C2)cn1. The number of hydrogen-bond donors (Lipinski definition) is 1. The largest absolute Gasteiger partial charge is 0.324 e. The van der Waals surface area contributed by atoms with Crippen LogP contribution in [-0.2, 0) is 6.54 Å². The molecular formula is C21H24N6. The normalized spacial score (nSPS) is 17.6. The van der Waals surface area contributed by atoms with Crippen molar-refractivity contribution >= 4 is 11.6 Å². The van der Waals surface area contributed by atoms with Crippen LogP contribution in [0.15, 0.2) is 55.2 Å². The molecule has 3 aromatic rings. The summed E-state index contributed by atoms with van der Waals surface area (Å²) in [6.45, 7) is 5.18. The highest BCUT2D eigenvalue weighted by Gasteiger charge is 2.22. The highest BCUT2D eigenvalue weighted by atomic mass is 15.1. The molecule has 1 unspecified atom stereocenters. The van der Waals surface area contributed by atoms with Crippen LogP contribution in [0.5, 0.6) is 0 Å². The quantitative estimate of drug-likeness (QED) is 0.748. The first kappa shape index (κ1) is 17.5.